The summed E-state index contributed by atoms with van der Waals surface area (Å²) >= 11 is 0. The fourth-order valence-corrected chi connectivity index (χ4v) is 1.97. The molecule has 2 aromatic heterocycles. The van der Waals surface area contributed by atoms with E-state index in [1.54, 1.807) is 6.20 Å². The smallest absolute Gasteiger partial charge is 0.152 e. The Bertz CT molecular complexity index is 565. The molecule has 0 fully saturated rings. The second kappa shape index (κ2) is 5.79. The SMILES string of the molecule is CC(C)NCCNc1nccn2nc(C(C)(C)C)cc12. The van der Waals surface area contributed by atoms with Crippen LogP contribution in [-0.2, 0) is 5.41 Å². The van der Waals surface area contributed by atoms with Crippen molar-refractivity contribution in [2.45, 2.75) is 46.1 Å². The van der Waals surface area contributed by atoms with E-state index < -0.39 is 0 Å². The summed E-state index contributed by atoms with van der Waals surface area (Å²) in [4.78, 5) is 4.42. The van der Waals surface area contributed by atoms with Gasteiger partial charge in [0.25, 0.3) is 0 Å². The van der Waals surface area contributed by atoms with Crippen LogP contribution in [0.1, 0.15) is 40.3 Å². The molecular weight excluding hydrogens is 250 g/mol. The third-order valence-corrected chi connectivity index (χ3v) is 3.13. The van der Waals surface area contributed by atoms with Crippen LogP contribution in [0.3, 0.4) is 0 Å². The Morgan fingerprint density at radius 1 is 1.25 bits per heavy atom. The normalized spacial score (nSPS) is 12.3. The second-order valence-electron chi connectivity index (χ2n) is 6.42. The van der Waals surface area contributed by atoms with Crippen molar-refractivity contribution in [2.75, 3.05) is 18.4 Å². The zero-order chi connectivity index (χ0) is 14.8. The Hall–Kier alpha value is -1.62. The molecule has 0 radical (unpaired) electrons. The number of nitrogens with zero attached hydrogens (tertiary/aromatic N) is 3. The standard InChI is InChI=1S/C15H25N5/c1-11(2)16-6-7-17-14-12-10-13(15(3,4)5)19-20(12)9-8-18-14/h8-11,16H,6-7H2,1-5H3,(H,17,18). The van der Waals surface area contributed by atoms with Crippen LogP contribution in [0, 0.1) is 0 Å². The molecule has 0 spiro atoms. The van der Waals surface area contributed by atoms with Gasteiger partial charge in [-0.15, -0.1) is 0 Å². The van der Waals surface area contributed by atoms with Gasteiger partial charge >= 0.3 is 0 Å². The lowest BCUT2D eigenvalue weighted by Gasteiger charge is -2.13. The van der Waals surface area contributed by atoms with Crippen LogP contribution < -0.4 is 10.6 Å². The molecule has 110 valence electrons. The number of nitrogens with one attached hydrogen (secondary N) is 2. The Kier molecular flexibility index (Phi) is 4.28. The molecule has 0 aliphatic heterocycles. The molecule has 2 rings (SSSR count). The first-order valence-electron chi connectivity index (χ1n) is 7.20. The van der Waals surface area contributed by atoms with Gasteiger partial charge in [-0.1, -0.05) is 34.6 Å². The van der Waals surface area contributed by atoms with Crippen LogP contribution in [-0.4, -0.2) is 33.7 Å². The first-order valence-corrected chi connectivity index (χ1v) is 7.20. The number of hydrogen-bond donors (Lipinski definition) is 2. The first-order chi connectivity index (χ1) is 9.38. The highest BCUT2D eigenvalue weighted by Gasteiger charge is 2.18. The molecule has 0 amide bonds. The molecule has 0 unspecified atom stereocenters. The van der Waals surface area contributed by atoms with Gasteiger partial charge < -0.3 is 10.6 Å². The first kappa shape index (κ1) is 14.8. The van der Waals surface area contributed by atoms with Crippen molar-refractivity contribution in [3.63, 3.8) is 0 Å². The number of anilines is 1. The van der Waals surface area contributed by atoms with Crippen molar-refractivity contribution in [1.29, 1.82) is 0 Å². The largest absolute Gasteiger partial charge is 0.367 e. The molecule has 0 aromatic carbocycles. The van der Waals surface area contributed by atoms with Gasteiger partial charge in [0, 0.05) is 36.9 Å². The van der Waals surface area contributed by atoms with E-state index >= 15 is 0 Å². The van der Waals surface area contributed by atoms with E-state index in [2.05, 4.69) is 61.4 Å². The maximum Gasteiger partial charge on any atom is 0.152 e. The monoisotopic (exact) mass is 275 g/mol. The number of hydrogen-bond acceptors (Lipinski definition) is 4. The highest BCUT2D eigenvalue weighted by Crippen LogP contribution is 2.24. The van der Waals surface area contributed by atoms with E-state index in [9.17, 15) is 0 Å². The molecular formula is C15H25N5. The third-order valence-electron chi connectivity index (χ3n) is 3.13. The van der Waals surface area contributed by atoms with Gasteiger partial charge in [-0.25, -0.2) is 9.50 Å². The predicted molar refractivity (Wildman–Crippen MR) is 83.3 cm³/mol. The fourth-order valence-electron chi connectivity index (χ4n) is 1.97. The maximum atomic E-state index is 4.62. The number of fused-ring (bicyclic) bond motifs is 1. The lowest BCUT2D eigenvalue weighted by molar-refractivity contribution is 0.562. The van der Waals surface area contributed by atoms with Crippen molar-refractivity contribution >= 4 is 11.3 Å². The molecule has 20 heavy (non-hydrogen) atoms. The van der Waals surface area contributed by atoms with Crippen LogP contribution in [0.4, 0.5) is 5.82 Å². The van der Waals surface area contributed by atoms with Crippen LogP contribution in [0.15, 0.2) is 18.5 Å². The van der Waals surface area contributed by atoms with Crippen LogP contribution in [0.5, 0.6) is 0 Å². The highest BCUT2D eigenvalue weighted by atomic mass is 15.2. The van der Waals surface area contributed by atoms with Crippen molar-refractivity contribution in [1.82, 2.24) is 19.9 Å². The van der Waals surface area contributed by atoms with E-state index in [4.69, 9.17) is 0 Å². The van der Waals surface area contributed by atoms with Crippen molar-refractivity contribution < 1.29 is 0 Å². The van der Waals surface area contributed by atoms with Crippen LogP contribution in [0.2, 0.25) is 0 Å². The third kappa shape index (κ3) is 3.48. The summed E-state index contributed by atoms with van der Waals surface area (Å²) in [5, 5.41) is 11.4. The summed E-state index contributed by atoms with van der Waals surface area (Å²) in [6.45, 7) is 12.6. The predicted octanol–water partition coefficient (Wildman–Crippen LogP) is 2.44. The van der Waals surface area contributed by atoms with Crippen molar-refractivity contribution in [3.8, 4) is 0 Å². The zero-order valence-corrected chi connectivity index (χ0v) is 13.1. The lowest BCUT2D eigenvalue weighted by atomic mass is 9.92. The Labute approximate surface area is 120 Å². The minimum absolute atomic E-state index is 0.0441. The number of aromatic nitrogens is 3. The lowest BCUT2D eigenvalue weighted by Crippen LogP contribution is -2.28. The molecule has 0 bridgehead atoms. The van der Waals surface area contributed by atoms with Crippen molar-refractivity contribution in [2.24, 2.45) is 0 Å². The van der Waals surface area contributed by atoms with E-state index in [0.29, 0.717) is 6.04 Å². The molecule has 5 nitrogen and oxygen atoms in total. The average Bonchev–Trinajstić information content (AvgIpc) is 2.78. The van der Waals surface area contributed by atoms with E-state index in [1.807, 2.05) is 10.7 Å². The molecule has 5 heteroatoms. The summed E-state index contributed by atoms with van der Waals surface area (Å²) in [5.74, 6) is 0.890. The number of rotatable bonds is 5. The topological polar surface area (TPSA) is 54.2 Å². The Morgan fingerprint density at radius 2 is 2.00 bits per heavy atom. The second-order valence-corrected chi connectivity index (χ2v) is 6.42. The molecule has 0 aliphatic rings. The fraction of sp³-hybridized carbons (Fsp3) is 0.600. The average molecular weight is 275 g/mol. The zero-order valence-electron chi connectivity index (χ0n) is 13.1. The molecule has 2 N–H and O–H groups in total. The highest BCUT2D eigenvalue weighted by molar-refractivity contribution is 5.68. The Morgan fingerprint density at radius 3 is 2.65 bits per heavy atom. The summed E-state index contributed by atoms with van der Waals surface area (Å²) < 4.78 is 1.89. The van der Waals surface area contributed by atoms with Gasteiger partial charge in [0.2, 0.25) is 0 Å². The van der Waals surface area contributed by atoms with Gasteiger partial charge in [0.15, 0.2) is 5.82 Å². The summed E-state index contributed by atoms with van der Waals surface area (Å²) in [7, 11) is 0. The molecule has 2 aromatic rings. The molecule has 0 aliphatic carbocycles. The quantitative estimate of drug-likeness (QED) is 0.823. The minimum Gasteiger partial charge on any atom is -0.367 e. The van der Waals surface area contributed by atoms with Crippen LogP contribution >= 0.6 is 0 Å². The van der Waals surface area contributed by atoms with E-state index in [0.717, 1.165) is 30.1 Å². The molecule has 0 saturated heterocycles. The summed E-state index contributed by atoms with van der Waals surface area (Å²) in [6.07, 6.45) is 3.67. The van der Waals surface area contributed by atoms with Gasteiger partial charge in [0.1, 0.15) is 5.52 Å². The van der Waals surface area contributed by atoms with E-state index in [1.165, 1.54) is 0 Å². The van der Waals surface area contributed by atoms with Gasteiger partial charge in [-0.2, -0.15) is 5.10 Å². The van der Waals surface area contributed by atoms with E-state index in [-0.39, 0.29) is 5.41 Å². The molecule has 2 heterocycles. The van der Waals surface area contributed by atoms with Gasteiger partial charge in [-0.3, -0.25) is 0 Å². The van der Waals surface area contributed by atoms with Crippen LogP contribution in [0.25, 0.3) is 5.52 Å². The van der Waals surface area contributed by atoms with Crippen molar-refractivity contribution in [3.05, 3.63) is 24.2 Å². The molecule has 0 saturated carbocycles. The minimum atomic E-state index is 0.0441. The maximum absolute atomic E-state index is 4.62. The summed E-state index contributed by atoms with van der Waals surface area (Å²) in [5.41, 5.74) is 2.15. The summed E-state index contributed by atoms with van der Waals surface area (Å²) in [6, 6.07) is 2.62. The molecule has 0 atom stereocenters. The Balaban J connectivity index is 2.15. The van der Waals surface area contributed by atoms with Gasteiger partial charge in [-0.05, 0) is 6.07 Å². The van der Waals surface area contributed by atoms with Gasteiger partial charge in [0.05, 0.1) is 5.69 Å².